The van der Waals surface area contributed by atoms with Crippen LogP contribution in [0.1, 0.15) is 11.4 Å². The summed E-state index contributed by atoms with van der Waals surface area (Å²) in [6.45, 7) is 3.66. The second kappa shape index (κ2) is 4.34. The molecule has 2 aromatic rings. The van der Waals surface area contributed by atoms with Crippen LogP contribution in [-0.2, 0) is 0 Å². The van der Waals surface area contributed by atoms with Gasteiger partial charge in [-0.25, -0.2) is 15.2 Å². The molecule has 2 rings (SSSR count). The Morgan fingerprint density at radius 3 is 2.53 bits per heavy atom. The number of nitrogens with zero attached hydrogens (tertiary/aromatic N) is 3. The molecule has 6 nitrogen and oxygen atoms in total. The van der Waals surface area contributed by atoms with E-state index >= 15 is 0 Å². The third kappa shape index (κ3) is 2.02. The van der Waals surface area contributed by atoms with Crippen molar-refractivity contribution in [3.8, 4) is 5.69 Å². The zero-order chi connectivity index (χ0) is 12.4. The molecule has 88 valence electrons. The largest absolute Gasteiger partial charge is 0.356 e. The predicted molar refractivity (Wildman–Crippen MR) is 64.9 cm³/mol. The molecule has 0 bridgehead atoms. The Bertz CT molecular complexity index is 605. The number of aromatic nitrogens is 3. The van der Waals surface area contributed by atoms with Gasteiger partial charge in [-0.2, -0.15) is 9.97 Å². The number of aryl methyl sites for hydroxylation is 2. The zero-order valence-electron chi connectivity index (χ0n) is 9.64. The van der Waals surface area contributed by atoms with E-state index in [1.165, 1.54) is 4.57 Å². The topological polar surface area (TPSA) is 85.8 Å². The summed E-state index contributed by atoms with van der Waals surface area (Å²) in [5, 5.41) is 0. The van der Waals surface area contributed by atoms with Crippen molar-refractivity contribution in [1.82, 2.24) is 14.5 Å². The average Bonchev–Trinajstić information content (AvgIpc) is 2.30. The van der Waals surface area contributed by atoms with Gasteiger partial charge in [0.15, 0.2) is 0 Å². The maximum atomic E-state index is 11.9. The monoisotopic (exact) mass is 231 g/mol. The number of hydrogen-bond acceptors (Lipinski definition) is 5. The second-order valence-electron chi connectivity index (χ2n) is 3.64. The molecule has 0 unspecified atom stereocenters. The number of nitrogen functional groups attached to an aromatic ring is 1. The fraction of sp³-hybridized carbons (Fsp3) is 0.182. The molecule has 0 atom stereocenters. The fourth-order valence-corrected chi connectivity index (χ4v) is 1.66. The van der Waals surface area contributed by atoms with Crippen LogP contribution in [0.5, 0.6) is 0 Å². The number of nitrogens with one attached hydrogen (secondary N) is 1. The summed E-state index contributed by atoms with van der Waals surface area (Å²) in [5.41, 5.74) is 3.62. The third-order valence-corrected chi connectivity index (χ3v) is 2.47. The summed E-state index contributed by atoms with van der Waals surface area (Å²) in [5.74, 6) is 5.84. The number of benzene rings is 1. The van der Waals surface area contributed by atoms with E-state index in [-0.39, 0.29) is 5.95 Å². The molecule has 0 radical (unpaired) electrons. The fourth-order valence-electron chi connectivity index (χ4n) is 1.66. The van der Waals surface area contributed by atoms with Gasteiger partial charge >= 0.3 is 5.69 Å². The minimum atomic E-state index is -0.403. The molecule has 0 amide bonds. The van der Waals surface area contributed by atoms with Crippen LogP contribution in [-0.4, -0.2) is 14.5 Å². The Morgan fingerprint density at radius 2 is 1.94 bits per heavy atom. The average molecular weight is 231 g/mol. The van der Waals surface area contributed by atoms with E-state index in [2.05, 4.69) is 15.4 Å². The maximum absolute atomic E-state index is 11.9. The first-order chi connectivity index (χ1) is 8.13. The van der Waals surface area contributed by atoms with Crippen LogP contribution in [0.2, 0.25) is 0 Å². The Kier molecular flexibility index (Phi) is 2.88. The van der Waals surface area contributed by atoms with E-state index in [9.17, 15) is 4.79 Å². The standard InChI is InChI=1S/C11H13N5O/c1-7-5-3-4-6-9(7)16-8(2)13-10(15-12)14-11(16)17/h3-6H,12H2,1-2H3,(H,14,15,17). The van der Waals surface area contributed by atoms with Crippen LogP contribution in [0.3, 0.4) is 0 Å². The van der Waals surface area contributed by atoms with Crippen LogP contribution < -0.4 is 17.0 Å². The highest BCUT2D eigenvalue weighted by atomic mass is 16.1. The Morgan fingerprint density at radius 1 is 1.24 bits per heavy atom. The van der Waals surface area contributed by atoms with Gasteiger partial charge in [0.25, 0.3) is 0 Å². The lowest BCUT2D eigenvalue weighted by molar-refractivity contribution is 0.806. The summed E-state index contributed by atoms with van der Waals surface area (Å²) in [7, 11) is 0. The lowest BCUT2D eigenvalue weighted by atomic mass is 10.2. The number of hydrazine groups is 1. The molecule has 0 saturated heterocycles. The predicted octanol–water partition coefficient (Wildman–Crippen LogP) is 0.530. The van der Waals surface area contributed by atoms with Gasteiger partial charge in [-0.15, -0.1) is 0 Å². The molecule has 6 heteroatoms. The molecule has 3 N–H and O–H groups in total. The molecule has 0 aliphatic carbocycles. The Labute approximate surface area is 98.1 Å². The first kappa shape index (κ1) is 11.3. The summed E-state index contributed by atoms with van der Waals surface area (Å²) in [6.07, 6.45) is 0. The molecule has 1 heterocycles. The summed E-state index contributed by atoms with van der Waals surface area (Å²) in [6, 6.07) is 7.55. The number of para-hydroxylation sites is 1. The van der Waals surface area contributed by atoms with Crippen molar-refractivity contribution in [2.75, 3.05) is 5.43 Å². The van der Waals surface area contributed by atoms with Gasteiger partial charge in [-0.1, -0.05) is 18.2 Å². The smallest absolute Gasteiger partial charge is 0.292 e. The second-order valence-corrected chi connectivity index (χ2v) is 3.64. The Hall–Kier alpha value is -2.21. The van der Waals surface area contributed by atoms with Crippen molar-refractivity contribution in [3.05, 3.63) is 46.1 Å². The molecule has 1 aromatic carbocycles. The van der Waals surface area contributed by atoms with Gasteiger partial charge in [-0.3, -0.25) is 5.43 Å². The summed E-state index contributed by atoms with van der Waals surface area (Å²) in [4.78, 5) is 19.7. The molecular formula is C11H13N5O. The van der Waals surface area contributed by atoms with E-state index in [1.54, 1.807) is 6.92 Å². The number of hydrogen-bond donors (Lipinski definition) is 2. The molecular weight excluding hydrogens is 218 g/mol. The van der Waals surface area contributed by atoms with Crippen LogP contribution in [0.4, 0.5) is 5.95 Å². The highest BCUT2D eigenvalue weighted by Crippen LogP contribution is 2.12. The number of anilines is 1. The van der Waals surface area contributed by atoms with E-state index in [0.29, 0.717) is 5.82 Å². The quantitative estimate of drug-likeness (QED) is 0.581. The van der Waals surface area contributed by atoms with E-state index < -0.39 is 5.69 Å². The molecule has 1 aromatic heterocycles. The van der Waals surface area contributed by atoms with Crippen molar-refractivity contribution in [1.29, 1.82) is 0 Å². The lowest BCUT2D eigenvalue weighted by Crippen LogP contribution is -2.28. The van der Waals surface area contributed by atoms with Gasteiger partial charge in [0.05, 0.1) is 5.69 Å². The lowest BCUT2D eigenvalue weighted by Gasteiger charge is -2.11. The zero-order valence-corrected chi connectivity index (χ0v) is 9.64. The van der Waals surface area contributed by atoms with E-state index in [0.717, 1.165) is 11.3 Å². The highest BCUT2D eigenvalue weighted by Gasteiger charge is 2.09. The van der Waals surface area contributed by atoms with E-state index in [4.69, 9.17) is 5.84 Å². The van der Waals surface area contributed by atoms with Gasteiger partial charge < -0.3 is 0 Å². The normalized spacial score (nSPS) is 10.3. The molecule has 0 aliphatic heterocycles. The minimum absolute atomic E-state index is 0.123. The number of rotatable bonds is 2. The van der Waals surface area contributed by atoms with Crippen molar-refractivity contribution in [2.45, 2.75) is 13.8 Å². The Balaban J connectivity index is 2.69. The van der Waals surface area contributed by atoms with Crippen molar-refractivity contribution < 1.29 is 0 Å². The minimum Gasteiger partial charge on any atom is -0.292 e. The van der Waals surface area contributed by atoms with Crippen LogP contribution in [0.15, 0.2) is 29.1 Å². The molecule has 0 spiro atoms. The SMILES string of the molecule is Cc1ccccc1-n1c(C)nc(NN)nc1=O. The van der Waals surface area contributed by atoms with Crippen LogP contribution in [0, 0.1) is 13.8 Å². The van der Waals surface area contributed by atoms with Crippen molar-refractivity contribution in [3.63, 3.8) is 0 Å². The number of nitrogens with two attached hydrogens (primary N) is 1. The molecule has 0 aliphatic rings. The van der Waals surface area contributed by atoms with E-state index in [1.807, 2.05) is 31.2 Å². The highest BCUT2D eigenvalue weighted by molar-refractivity contribution is 5.41. The van der Waals surface area contributed by atoms with Crippen LogP contribution >= 0.6 is 0 Å². The molecule has 0 fully saturated rings. The van der Waals surface area contributed by atoms with Gasteiger partial charge in [0, 0.05) is 0 Å². The van der Waals surface area contributed by atoms with Gasteiger partial charge in [0.1, 0.15) is 5.82 Å². The summed E-state index contributed by atoms with van der Waals surface area (Å²) < 4.78 is 1.45. The first-order valence-electron chi connectivity index (χ1n) is 5.14. The maximum Gasteiger partial charge on any atom is 0.356 e. The molecule has 0 saturated carbocycles. The van der Waals surface area contributed by atoms with Gasteiger partial charge in [0.2, 0.25) is 5.95 Å². The van der Waals surface area contributed by atoms with Gasteiger partial charge in [-0.05, 0) is 25.5 Å². The van der Waals surface area contributed by atoms with Crippen molar-refractivity contribution in [2.24, 2.45) is 5.84 Å². The first-order valence-corrected chi connectivity index (χ1v) is 5.14. The third-order valence-electron chi connectivity index (χ3n) is 2.47. The van der Waals surface area contributed by atoms with Crippen molar-refractivity contribution >= 4 is 5.95 Å². The van der Waals surface area contributed by atoms with Crippen LogP contribution in [0.25, 0.3) is 5.69 Å². The summed E-state index contributed by atoms with van der Waals surface area (Å²) >= 11 is 0. The molecule has 17 heavy (non-hydrogen) atoms.